The highest BCUT2D eigenvalue weighted by molar-refractivity contribution is 6.39. The van der Waals surface area contributed by atoms with Crippen molar-refractivity contribution in [3.05, 3.63) is 60.4 Å². The molecule has 2 aromatic carbocycles. The van der Waals surface area contributed by atoms with Crippen molar-refractivity contribution in [3.63, 3.8) is 0 Å². The third-order valence-electron chi connectivity index (χ3n) is 4.19. The van der Waals surface area contributed by atoms with E-state index >= 15 is 0 Å². The van der Waals surface area contributed by atoms with Crippen LogP contribution in [-0.4, -0.2) is 30.1 Å². The second-order valence-corrected chi connectivity index (χ2v) is 6.49. The summed E-state index contributed by atoms with van der Waals surface area (Å²) in [6, 6.07) is 15.9. The molecule has 7 heteroatoms. The van der Waals surface area contributed by atoms with Crippen LogP contribution in [-0.2, 0) is 15.2 Å². The Morgan fingerprint density at radius 1 is 1.11 bits per heavy atom. The normalized spacial score (nSPS) is 13.0. The number of hydrogen-bond acceptors (Lipinski definition) is 5. The first-order valence-corrected chi connectivity index (χ1v) is 8.93. The first-order chi connectivity index (χ1) is 13.4. The van der Waals surface area contributed by atoms with Gasteiger partial charge >= 0.3 is 11.8 Å². The third-order valence-corrected chi connectivity index (χ3v) is 4.19. The summed E-state index contributed by atoms with van der Waals surface area (Å²) in [6.45, 7) is 3.57. The summed E-state index contributed by atoms with van der Waals surface area (Å²) < 4.78 is 11.1. The van der Waals surface area contributed by atoms with Crippen molar-refractivity contribution in [3.8, 4) is 5.75 Å². The molecule has 0 aliphatic heterocycles. The van der Waals surface area contributed by atoms with Crippen LogP contribution >= 0.6 is 0 Å². The molecule has 1 heterocycles. The molecule has 3 aromatic rings. The SMILES string of the molecule is CCOc1ccccc1NC(=O)C(=O)NC[C@](C)(O)c1cc2ccccc2o1. The Morgan fingerprint density at radius 3 is 2.57 bits per heavy atom. The van der Waals surface area contributed by atoms with Gasteiger partial charge in [-0.1, -0.05) is 30.3 Å². The maximum absolute atomic E-state index is 12.2. The monoisotopic (exact) mass is 382 g/mol. The molecule has 0 spiro atoms. The lowest BCUT2D eigenvalue weighted by atomic mass is 10.0. The van der Waals surface area contributed by atoms with E-state index in [0.29, 0.717) is 29.4 Å². The van der Waals surface area contributed by atoms with E-state index in [1.54, 1.807) is 36.4 Å². The smallest absolute Gasteiger partial charge is 0.313 e. The lowest BCUT2D eigenvalue weighted by Gasteiger charge is -2.21. The zero-order chi connectivity index (χ0) is 20.1. The molecular weight excluding hydrogens is 360 g/mol. The topological polar surface area (TPSA) is 101 Å². The number of aliphatic hydroxyl groups is 1. The van der Waals surface area contributed by atoms with Crippen LogP contribution in [0.5, 0.6) is 5.75 Å². The quantitative estimate of drug-likeness (QED) is 0.569. The Balaban J connectivity index is 1.63. The van der Waals surface area contributed by atoms with Gasteiger partial charge in [0.2, 0.25) is 0 Å². The minimum atomic E-state index is -1.47. The number of furan rings is 1. The van der Waals surface area contributed by atoms with Crippen LogP contribution in [0.1, 0.15) is 19.6 Å². The van der Waals surface area contributed by atoms with Gasteiger partial charge in [-0.15, -0.1) is 0 Å². The van der Waals surface area contributed by atoms with Crippen molar-refractivity contribution in [2.75, 3.05) is 18.5 Å². The van der Waals surface area contributed by atoms with Gasteiger partial charge < -0.3 is 24.9 Å². The third kappa shape index (κ3) is 4.32. The molecule has 0 aliphatic rings. The Kier molecular flexibility index (Phi) is 5.65. The number of hydrogen-bond donors (Lipinski definition) is 3. The molecule has 0 bridgehead atoms. The second-order valence-electron chi connectivity index (χ2n) is 6.49. The number of nitrogens with one attached hydrogen (secondary N) is 2. The van der Waals surface area contributed by atoms with Gasteiger partial charge in [-0.25, -0.2) is 0 Å². The summed E-state index contributed by atoms with van der Waals surface area (Å²) in [6.07, 6.45) is 0. The first kappa shape index (κ1) is 19.4. The van der Waals surface area contributed by atoms with Gasteiger partial charge in [0.25, 0.3) is 0 Å². The number of carbonyl (C=O) groups excluding carboxylic acids is 2. The second kappa shape index (κ2) is 8.14. The molecule has 0 aliphatic carbocycles. The predicted octanol–water partition coefficient (Wildman–Crippen LogP) is 2.79. The van der Waals surface area contributed by atoms with Crippen molar-refractivity contribution in [1.82, 2.24) is 5.32 Å². The van der Waals surface area contributed by atoms with Gasteiger partial charge in [-0.05, 0) is 38.1 Å². The predicted molar refractivity (Wildman–Crippen MR) is 105 cm³/mol. The average molecular weight is 382 g/mol. The molecule has 0 fully saturated rings. The van der Waals surface area contributed by atoms with Crippen molar-refractivity contribution < 1.29 is 23.8 Å². The van der Waals surface area contributed by atoms with Crippen molar-refractivity contribution in [2.45, 2.75) is 19.4 Å². The van der Waals surface area contributed by atoms with Crippen LogP contribution in [0.15, 0.2) is 59.0 Å². The van der Waals surface area contributed by atoms with E-state index in [4.69, 9.17) is 9.15 Å². The molecule has 0 radical (unpaired) electrons. The van der Waals surface area contributed by atoms with Gasteiger partial charge in [0.1, 0.15) is 22.7 Å². The number of anilines is 1. The standard InChI is InChI=1S/C21H22N2O5/c1-3-27-17-11-7-5-9-15(17)23-20(25)19(24)22-13-21(2,26)18-12-14-8-4-6-10-16(14)28-18/h4-12,26H,3,13H2,1-2H3,(H,22,24)(H,23,25)/t21-/m0/s1. The van der Waals surface area contributed by atoms with E-state index in [1.807, 2.05) is 25.1 Å². The number of benzene rings is 2. The van der Waals surface area contributed by atoms with E-state index in [-0.39, 0.29) is 6.54 Å². The Bertz CT molecular complexity index is 960. The molecule has 0 saturated carbocycles. The molecule has 0 unspecified atom stereocenters. The number of ether oxygens (including phenoxy) is 1. The minimum Gasteiger partial charge on any atom is -0.492 e. The fourth-order valence-electron chi connectivity index (χ4n) is 2.70. The van der Waals surface area contributed by atoms with E-state index in [0.717, 1.165) is 5.39 Å². The maximum atomic E-state index is 12.2. The number of amides is 2. The molecule has 3 rings (SSSR count). The van der Waals surface area contributed by atoms with Crippen LogP contribution in [0.2, 0.25) is 0 Å². The fraction of sp³-hybridized carbons (Fsp3) is 0.238. The summed E-state index contributed by atoms with van der Waals surface area (Å²) in [4.78, 5) is 24.3. The summed E-state index contributed by atoms with van der Waals surface area (Å²) in [5.74, 6) is -0.952. The van der Waals surface area contributed by atoms with Crippen molar-refractivity contribution in [1.29, 1.82) is 0 Å². The van der Waals surface area contributed by atoms with Crippen LogP contribution < -0.4 is 15.4 Å². The average Bonchev–Trinajstić information content (AvgIpc) is 3.13. The molecule has 3 N–H and O–H groups in total. The lowest BCUT2D eigenvalue weighted by molar-refractivity contribution is -0.136. The van der Waals surface area contributed by atoms with E-state index in [2.05, 4.69) is 10.6 Å². The van der Waals surface area contributed by atoms with E-state index in [9.17, 15) is 14.7 Å². The van der Waals surface area contributed by atoms with Gasteiger partial charge in [0.05, 0.1) is 18.8 Å². The molecule has 7 nitrogen and oxygen atoms in total. The highest BCUT2D eigenvalue weighted by Crippen LogP contribution is 2.27. The summed E-state index contributed by atoms with van der Waals surface area (Å²) in [5, 5.41) is 16.5. The van der Waals surface area contributed by atoms with Gasteiger partial charge in [-0.3, -0.25) is 9.59 Å². The summed E-state index contributed by atoms with van der Waals surface area (Å²) in [5.41, 5.74) is -0.444. The van der Waals surface area contributed by atoms with Crippen LogP contribution in [0.3, 0.4) is 0 Å². The highest BCUT2D eigenvalue weighted by Gasteiger charge is 2.29. The fourth-order valence-corrected chi connectivity index (χ4v) is 2.70. The molecule has 0 saturated heterocycles. The molecule has 146 valence electrons. The van der Waals surface area contributed by atoms with Gasteiger partial charge in [0.15, 0.2) is 0 Å². The molecule has 2 amide bonds. The molecule has 1 aromatic heterocycles. The van der Waals surface area contributed by atoms with Crippen molar-refractivity contribution >= 4 is 28.5 Å². The van der Waals surface area contributed by atoms with Gasteiger partial charge in [0, 0.05) is 5.39 Å². The van der Waals surface area contributed by atoms with Crippen molar-refractivity contribution in [2.24, 2.45) is 0 Å². The van der Waals surface area contributed by atoms with Crippen LogP contribution in [0, 0.1) is 0 Å². The minimum absolute atomic E-state index is 0.188. The Hall–Kier alpha value is -3.32. The number of fused-ring (bicyclic) bond motifs is 1. The molecule has 1 atom stereocenters. The Morgan fingerprint density at radius 2 is 1.82 bits per heavy atom. The molecular formula is C21H22N2O5. The number of para-hydroxylation sites is 3. The summed E-state index contributed by atoms with van der Waals surface area (Å²) in [7, 11) is 0. The van der Waals surface area contributed by atoms with Crippen LogP contribution in [0.25, 0.3) is 11.0 Å². The zero-order valence-corrected chi connectivity index (χ0v) is 15.7. The van der Waals surface area contributed by atoms with E-state index in [1.165, 1.54) is 6.92 Å². The zero-order valence-electron chi connectivity index (χ0n) is 15.7. The lowest BCUT2D eigenvalue weighted by Crippen LogP contribution is -2.43. The largest absolute Gasteiger partial charge is 0.492 e. The van der Waals surface area contributed by atoms with Gasteiger partial charge in [-0.2, -0.15) is 0 Å². The Labute approximate surface area is 162 Å². The van der Waals surface area contributed by atoms with Crippen LogP contribution in [0.4, 0.5) is 5.69 Å². The number of rotatable bonds is 6. The first-order valence-electron chi connectivity index (χ1n) is 8.93. The highest BCUT2D eigenvalue weighted by atomic mass is 16.5. The van der Waals surface area contributed by atoms with E-state index < -0.39 is 17.4 Å². The molecule has 28 heavy (non-hydrogen) atoms. The summed E-state index contributed by atoms with van der Waals surface area (Å²) >= 11 is 0. The number of carbonyl (C=O) groups is 2. The maximum Gasteiger partial charge on any atom is 0.313 e.